The minimum atomic E-state index is -0.204. The first kappa shape index (κ1) is 33.4. The molecule has 268 valence electrons. The lowest BCUT2D eigenvalue weighted by atomic mass is 9.48. The quantitative estimate of drug-likeness (QED) is 0.156. The Morgan fingerprint density at radius 3 is 1.82 bits per heavy atom. The molecule has 0 aliphatic heterocycles. The summed E-state index contributed by atoms with van der Waals surface area (Å²) >= 11 is 0. The summed E-state index contributed by atoms with van der Waals surface area (Å²) in [7, 11) is 0. The fourth-order valence-electron chi connectivity index (χ4n) is 9.95. The van der Waals surface area contributed by atoms with Crippen molar-refractivity contribution in [3.8, 4) is 11.4 Å². The van der Waals surface area contributed by atoms with Gasteiger partial charge in [0, 0.05) is 32.9 Å². The van der Waals surface area contributed by atoms with E-state index in [-0.39, 0.29) is 16.2 Å². The maximum absolute atomic E-state index is 2.54. The van der Waals surface area contributed by atoms with Crippen LogP contribution in [0.25, 0.3) is 65.8 Å². The zero-order valence-electron chi connectivity index (χ0n) is 32.1. The minimum Gasteiger partial charge on any atom is -0.309 e. The molecule has 9 aromatic rings. The van der Waals surface area contributed by atoms with Crippen molar-refractivity contribution in [3.05, 3.63) is 193 Å². The Bertz CT molecular complexity index is 2990. The lowest BCUT2D eigenvalue weighted by Crippen LogP contribution is -2.51. The molecule has 55 heavy (non-hydrogen) atoms. The van der Waals surface area contributed by atoms with E-state index in [1.165, 1.54) is 76.9 Å². The lowest BCUT2D eigenvalue weighted by molar-refractivity contribution is 0.0344. The molecule has 0 amide bonds. The largest absolute Gasteiger partial charge is 0.309 e. The zero-order chi connectivity index (χ0) is 37.4. The normalized spacial score (nSPS) is 17.2. The molecule has 2 heterocycles. The van der Waals surface area contributed by atoms with Crippen LogP contribution < -0.4 is 0 Å². The molecule has 2 atom stereocenters. The topological polar surface area (TPSA) is 9.86 Å². The summed E-state index contributed by atoms with van der Waals surface area (Å²) in [6.07, 6.45) is 11.3. The molecule has 2 heteroatoms. The Morgan fingerprint density at radius 1 is 0.509 bits per heavy atom. The van der Waals surface area contributed by atoms with E-state index in [0.29, 0.717) is 0 Å². The average Bonchev–Trinajstić information content (AvgIpc) is 3.72. The molecule has 0 spiro atoms. The van der Waals surface area contributed by atoms with E-state index in [9.17, 15) is 0 Å². The molecule has 0 radical (unpaired) electrons. The molecular formula is C53H46N2. The van der Waals surface area contributed by atoms with Gasteiger partial charge in [-0.15, -0.1) is 0 Å². The van der Waals surface area contributed by atoms with Crippen LogP contribution in [0.15, 0.2) is 182 Å². The number of benzene rings is 7. The molecule has 2 aromatic heterocycles. The van der Waals surface area contributed by atoms with Crippen LogP contribution >= 0.6 is 0 Å². The first-order valence-corrected chi connectivity index (χ1v) is 19.7. The van der Waals surface area contributed by atoms with Gasteiger partial charge in [0.1, 0.15) is 0 Å². The summed E-state index contributed by atoms with van der Waals surface area (Å²) in [5.74, 6) is 0. The Morgan fingerprint density at radius 2 is 1.13 bits per heavy atom. The lowest BCUT2D eigenvalue weighted by Gasteiger charge is -2.55. The first-order chi connectivity index (χ1) is 26.8. The predicted molar refractivity (Wildman–Crippen MR) is 235 cm³/mol. The average molecular weight is 711 g/mol. The van der Waals surface area contributed by atoms with Gasteiger partial charge >= 0.3 is 0 Å². The molecule has 2 nitrogen and oxygen atoms in total. The zero-order valence-corrected chi connectivity index (χ0v) is 32.1. The molecule has 0 bridgehead atoms. The van der Waals surface area contributed by atoms with Crippen molar-refractivity contribution < 1.29 is 0 Å². The number of nitrogens with zero attached hydrogens (tertiary/aromatic N) is 2. The van der Waals surface area contributed by atoms with Crippen molar-refractivity contribution in [1.29, 1.82) is 0 Å². The Kier molecular flexibility index (Phi) is 7.58. The van der Waals surface area contributed by atoms with Gasteiger partial charge in [-0.2, -0.15) is 0 Å². The number of hydrogen-bond acceptors (Lipinski definition) is 0. The third kappa shape index (κ3) is 5.08. The monoisotopic (exact) mass is 710 g/mol. The van der Waals surface area contributed by atoms with Gasteiger partial charge in [0.25, 0.3) is 0 Å². The van der Waals surface area contributed by atoms with E-state index in [4.69, 9.17) is 0 Å². The van der Waals surface area contributed by atoms with Gasteiger partial charge in [-0.3, -0.25) is 0 Å². The van der Waals surface area contributed by atoms with E-state index in [1.807, 2.05) is 0 Å². The summed E-state index contributed by atoms with van der Waals surface area (Å²) in [5.41, 5.74) is 9.58. The van der Waals surface area contributed by atoms with Gasteiger partial charge in [0.05, 0.1) is 22.1 Å². The summed E-state index contributed by atoms with van der Waals surface area (Å²) in [6, 6.07) is 58.6. The van der Waals surface area contributed by atoms with Crippen LogP contribution in [0.5, 0.6) is 0 Å². The number of rotatable bonds is 7. The van der Waals surface area contributed by atoms with Crippen LogP contribution in [0, 0.1) is 10.8 Å². The van der Waals surface area contributed by atoms with Crippen LogP contribution in [0.2, 0.25) is 0 Å². The molecular weight excluding hydrogens is 665 g/mol. The van der Waals surface area contributed by atoms with Crippen LogP contribution in [0.3, 0.4) is 0 Å². The number of hydrogen-bond donors (Lipinski definition) is 0. The molecule has 0 saturated heterocycles. The van der Waals surface area contributed by atoms with E-state index in [0.717, 1.165) is 12.8 Å². The molecule has 0 fully saturated rings. The van der Waals surface area contributed by atoms with Crippen LogP contribution in [0.4, 0.5) is 0 Å². The van der Waals surface area contributed by atoms with Crippen LogP contribution in [0.1, 0.15) is 45.2 Å². The summed E-state index contributed by atoms with van der Waals surface area (Å²) in [5, 5.41) is 7.69. The highest BCUT2D eigenvalue weighted by molar-refractivity contribution is 6.19. The number of fused-ring (bicyclic) bond motifs is 7. The van der Waals surface area contributed by atoms with Crippen molar-refractivity contribution >= 4 is 54.4 Å². The number of aromatic nitrogens is 2. The van der Waals surface area contributed by atoms with Gasteiger partial charge < -0.3 is 9.13 Å². The van der Waals surface area contributed by atoms with Crippen molar-refractivity contribution in [2.75, 3.05) is 0 Å². The van der Waals surface area contributed by atoms with Crippen molar-refractivity contribution in [2.45, 2.75) is 46.0 Å². The van der Waals surface area contributed by atoms with Crippen molar-refractivity contribution in [1.82, 2.24) is 9.13 Å². The maximum atomic E-state index is 2.54. The molecule has 1 unspecified atom stereocenters. The molecule has 1 aliphatic carbocycles. The highest BCUT2D eigenvalue weighted by Gasteiger charge is 2.53. The second kappa shape index (κ2) is 12.5. The van der Waals surface area contributed by atoms with Gasteiger partial charge in [-0.05, 0) is 99.5 Å². The smallest absolute Gasteiger partial charge is 0.0562 e. The fourth-order valence-corrected chi connectivity index (χ4v) is 9.95. The third-order valence-electron chi connectivity index (χ3n) is 13.6. The van der Waals surface area contributed by atoms with Crippen LogP contribution in [-0.4, -0.2) is 9.13 Å². The SMILES string of the molecule is CC1([C@](C)(Cc2ccc3ccccc3c2)C(C)(C)c2cccc(-n3c4ccccc4c4cc5c6ccccc6n(-c6ccccc6)c5cc43)c2)C=CC=CC1. The van der Waals surface area contributed by atoms with Crippen molar-refractivity contribution in [2.24, 2.45) is 10.8 Å². The van der Waals surface area contributed by atoms with Crippen LogP contribution in [-0.2, 0) is 11.8 Å². The van der Waals surface area contributed by atoms with Gasteiger partial charge in [0.2, 0.25) is 0 Å². The Balaban J connectivity index is 1.18. The van der Waals surface area contributed by atoms with Gasteiger partial charge in [0.15, 0.2) is 0 Å². The second-order valence-electron chi connectivity index (χ2n) is 16.7. The Labute approximate surface area is 323 Å². The minimum absolute atomic E-state index is 0.0593. The van der Waals surface area contributed by atoms with Gasteiger partial charge in [-0.1, -0.05) is 161 Å². The molecule has 0 saturated carbocycles. The molecule has 10 rings (SSSR count). The molecule has 7 aromatic carbocycles. The van der Waals surface area contributed by atoms with E-state index < -0.39 is 0 Å². The highest BCUT2D eigenvalue weighted by Crippen LogP contribution is 2.58. The standard InChI is InChI=1S/C53H46N2/c1-51(2,53(4,52(3)30-15-6-16-31-52)36-37-28-29-38-18-9-10-19-39(38)32-37)40-20-17-23-42(33-40)55-48-27-14-12-25-44(48)46-34-45-43-24-11-13-26-47(43)54(49(45)35-50(46)55)41-21-7-5-8-22-41/h5-30,32-35H,31,36H2,1-4H3/t52?,53-/m1/s1. The van der Waals surface area contributed by atoms with E-state index >= 15 is 0 Å². The number of para-hydroxylation sites is 3. The summed E-state index contributed by atoms with van der Waals surface area (Å²) < 4.78 is 4.93. The molecule has 1 aliphatic rings. The summed E-state index contributed by atoms with van der Waals surface area (Å²) in [4.78, 5) is 0. The maximum Gasteiger partial charge on any atom is 0.0562 e. The predicted octanol–water partition coefficient (Wildman–Crippen LogP) is 14.1. The fraction of sp³-hybridized carbons (Fsp3) is 0.170. The van der Waals surface area contributed by atoms with Crippen molar-refractivity contribution in [3.63, 3.8) is 0 Å². The Hall–Kier alpha value is -6.12. The van der Waals surface area contributed by atoms with E-state index in [1.54, 1.807) is 0 Å². The molecule has 0 N–H and O–H groups in total. The first-order valence-electron chi connectivity index (χ1n) is 19.7. The number of allylic oxidation sites excluding steroid dienone is 4. The summed E-state index contributed by atoms with van der Waals surface area (Å²) in [6.45, 7) is 9.98. The van der Waals surface area contributed by atoms with E-state index in [2.05, 4.69) is 219 Å². The third-order valence-corrected chi connectivity index (χ3v) is 13.6. The highest BCUT2D eigenvalue weighted by atomic mass is 15.0. The second-order valence-corrected chi connectivity index (χ2v) is 16.7. The van der Waals surface area contributed by atoms with Gasteiger partial charge in [-0.25, -0.2) is 0 Å².